The van der Waals surface area contributed by atoms with Gasteiger partial charge in [0.05, 0.1) is 24.6 Å². The van der Waals surface area contributed by atoms with Crippen LogP contribution in [0.15, 0.2) is 66.7 Å². The number of rotatable bonds is 6. The highest BCUT2D eigenvalue weighted by molar-refractivity contribution is 5.58. The van der Waals surface area contributed by atoms with Crippen LogP contribution in [-0.2, 0) is 17.8 Å². The summed E-state index contributed by atoms with van der Waals surface area (Å²) in [6.45, 7) is 1.04. The molecule has 24 heavy (non-hydrogen) atoms. The normalized spacial score (nSPS) is 10.7. The lowest BCUT2D eigenvalue weighted by atomic mass is 10.1. The fourth-order valence-corrected chi connectivity index (χ4v) is 2.46. The Hall–Kier alpha value is -2.72. The van der Waals surface area contributed by atoms with E-state index in [9.17, 15) is 4.39 Å². The summed E-state index contributed by atoms with van der Waals surface area (Å²) >= 11 is 0. The molecule has 2 aromatic carbocycles. The third-order valence-corrected chi connectivity index (χ3v) is 3.68. The molecular weight excluding hydrogens is 303 g/mol. The minimum absolute atomic E-state index is 0.250. The number of anilines is 1. The lowest BCUT2D eigenvalue weighted by molar-refractivity contribution is 0.121. The van der Waals surface area contributed by atoms with Crippen LogP contribution in [0.4, 0.5) is 10.1 Å². The van der Waals surface area contributed by atoms with Crippen molar-refractivity contribution in [3.05, 3.63) is 83.8 Å². The van der Waals surface area contributed by atoms with Crippen molar-refractivity contribution in [3.8, 4) is 11.3 Å². The van der Waals surface area contributed by atoms with Crippen LogP contribution in [0.1, 0.15) is 11.3 Å². The van der Waals surface area contributed by atoms with E-state index in [1.807, 2.05) is 42.5 Å². The fraction of sp³-hybridized carbons (Fsp3) is 0.150. The Labute approximate surface area is 140 Å². The zero-order chi connectivity index (χ0) is 16.8. The van der Waals surface area contributed by atoms with Crippen LogP contribution in [0, 0.1) is 5.82 Å². The Morgan fingerprint density at radius 1 is 0.958 bits per heavy atom. The van der Waals surface area contributed by atoms with Crippen LogP contribution in [-0.4, -0.2) is 11.6 Å². The van der Waals surface area contributed by atoms with Gasteiger partial charge in [0.25, 0.3) is 0 Å². The number of nitrogens with two attached hydrogens (primary N) is 1. The highest BCUT2D eigenvalue weighted by Crippen LogP contribution is 2.18. The first kappa shape index (κ1) is 16.1. The van der Waals surface area contributed by atoms with E-state index in [1.54, 1.807) is 12.1 Å². The van der Waals surface area contributed by atoms with Gasteiger partial charge in [0, 0.05) is 11.3 Å². The summed E-state index contributed by atoms with van der Waals surface area (Å²) in [5.74, 6) is -0.250. The van der Waals surface area contributed by atoms with Gasteiger partial charge in [-0.1, -0.05) is 18.2 Å². The fourth-order valence-electron chi connectivity index (χ4n) is 2.46. The van der Waals surface area contributed by atoms with Gasteiger partial charge in [0.1, 0.15) is 5.82 Å². The van der Waals surface area contributed by atoms with Crippen molar-refractivity contribution in [2.24, 2.45) is 0 Å². The molecule has 0 spiro atoms. The number of nitrogens with zero attached hydrogens (tertiary/aromatic N) is 1. The number of benzene rings is 2. The predicted octanol–water partition coefficient (Wildman–Crippen LogP) is 4.23. The highest BCUT2D eigenvalue weighted by atomic mass is 19.1. The van der Waals surface area contributed by atoms with Crippen molar-refractivity contribution >= 4 is 5.69 Å². The maximum atomic E-state index is 13.0. The summed E-state index contributed by atoms with van der Waals surface area (Å²) in [6.07, 6.45) is 0.808. The van der Waals surface area contributed by atoms with E-state index < -0.39 is 0 Å². The van der Waals surface area contributed by atoms with Gasteiger partial charge < -0.3 is 10.5 Å². The average Bonchev–Trinajstić information content (AvgIpc) is 2.60. The standard InChI is InChI=1S/C20H19FN2O/c21-17-9-7-16(8-10-17)20-6-2-5-19(23-20)14-24-12-11-15-3-1-4-18(22)13-15/h1-10,13H,11-12,14,22H2. The first-order valence-electron chi connectivity index (χ1n) is 7.85. The molecule has 0 fully saturated rings. The molecule has 4 heteroatoms. The zero-order valence-electron chi connectivity index (χ0n) is 13.3. The van der Waals surface area contributed by atoms with E-state index in [4.69, 9.17) is 10.5 Å². The first-order chi connectivity index (χ1) is 11.7. The predicted molar refractivity (Wildman–Crippen MR) is 93.8 cm³/mol. The van der Waals surface area contributed by atoms with Gasteiger partial charge in [-0.2, -0.15) is 0 Å². The summed E-state index contributed by atoms with van der Waals surface area (Å²) in [6, 6.07) is 19.9. The Morgan fingerprint density at radius 3 is 2.54 bits per heavy atom. The second-order valence-electron chi connectivity index (χ2n) is 5.57. The van der Waals surface area contributed by atoms with Gasteiger partial charge in [-0.05, 0) is 60.5 Å². The number of nitrogen functional groups attached to an aromatic ring is 1. The number of hydrogen-bond acceptors (Lipinski definition) is 3. The van der Waals surface area contributed by atoms with Crippen LogP contribution in [0.3, 0.4) is 0 Å². The second-order valence-corrected chi connectivity index (χ2v) is 5.57. The molecule has 3 rings (SSSR count). The topological polar surface area (TPSA) is 48.1 Å². The van der Waals surface area contributed by atoms with E-state index in [-0.39, 0.29) is 5.82 Å². The minimum Gasteiger partial charge on any atom is -0.399 e. The molecule has 0 saturated carbocycles. The van der Waals surface area contributed by atoms with E-state index in [2.05, 4.69) is 4.98 Å². The maximum absolute atomic E-state index is 13.0. The van der Waals surface area contributed by atoms with Crippen LogP contribution >= 0.6 is 0 Å². The average molecular weight is 322 g/mol. The number of hydrogen-bond donors (Lipinski definition) is 1. The Bertz CT molecular complexity index is 803. The third-order valence-electron chi connectivity index (χ3n) is 3.68. The Kier molecular flexibility index (Phi) is 5.18. The molecular formula is C20H19FN2O. The van der Waals surface area contributed by atoms with Crippen molar-refractivity contribution in [2.75, 3.05) is 12.3 Å². The highest BCUT2D eigenvalue weighted by Gasteiger charge is 2.02. The van der Waals surface area contributed by atoms with E-state index >= 15 is 0 Å². The van der Waals surface area contributed by atoms with Gasteiger partial charge >= 0.3 is 0 Å². The van der Waals surface area contributed by atoms with Gasteiger partial charge in [-0.15, -0.1) is 0 Å². The van der Waals surface area contributed by atoms with Crippen molar-refractivity contribution in [1.82, 2.24) is 4.98 Å². The van der Waals surface area contributed by atoms with Crippen molar-refractivity contribution in [3.63, 3.8) is 0 Å². The lowest BCUT2D eigenvalue weighted by Crippen LogP contribution is -2.01. The minimum atomic E-state index is -0.250. The smallest absolute Gasteiger partial charge is 0.123 e. The van der Waals surface area contributed by atoms with Gasteiger partial charge in [-0.25, -0.2) is 4.39 Å². The molecule has 0 amide bonds. The lowest BCUT2D eigenvalue weighted by Gasteiger charge is -2.07. The molecule has 0 bridgehead atoms. The Balaban J connectivity index is 1.56. The van der Waals surface area contributed by atoms with Crippen molar-refractivity contribution < 1.29 is 9.13 Å². The second kappa shape index (κ2) is 7.70. The molecule has 0 unspecified atom stereocenters. The van der Waals surface area contributed by atoms with Gasteiger partial charge in [-0.3, -0.25) is 4.98 Å². The largest absolute Gasteiger partial charge is 0.399 e. The Morgan fingerprint density at radius 2 is 1.75 bits per heavy atom. The summed E-state index contributed by atoms with van der Waals surface area (Å²) in [5, 5.41) is 0. The first-order valence-corrected chi connectivity index (χ1v) is 7.85. The zero-order valence-corrected chi connectivity index (χ0v) is 13.3. The van der Waals surface area contributed by atoms with Crippen LogP contribution in [0.5, 0.6) is 0 Å². The van der Waals surface area contributed by atoms with Crippen molar-refractivity contribution in [1.29, 1.82) is 0 Å². The third kappa shape index (κ3) is 4.40. The SMILES string of the molecule is Nc1cccc(CCOCc2cccc(-c3ccc(F)cc3)n2)c1. The summed E-state index contributed by atoms with van der Waals surface area (Å²) < 4.78 is 18.7. The van der Waals surface area contributed by atoms with Crippen molar-refractivity contribution in [2.45, 2.75) is 13.0 Å². The molecule has 0 aliphatic carbocycles. The van der Waals surface area contributed by atoms with Gasteiger partial charge in [0.15, 0.2) is 0 Å². The summed E-state index contributed by atoms with van der Waals surface area (Å²) in [7, 11) is 0. The molecule has 122 valence electrons. The molecule has 3 nitrogen and oxygen atoms in total. The quantitative estimate of drug-likeness (QED) is 0.546. The van der Waals surface area contributed by atoms with E-state index in [0.717, 1.165) is 34.6 Å². The van der Waals surface area contributed by atoms with Crippen LogP contribution in [0.2, 0.25) is 0 Å². The monoisotopic (exact) mass is 322 g/mol. The molecule has 0 aliphatic heterocycles. The van der Waals surface area contributed by atoms with E-state index in [0.29, 0.717) is 13.2 Å². The molecule has 2 N–H and O–H groups in total. The molecule has 1 aromatic heterocycles. The molecule has 3 aromatic rings. The number of halogens is 1. The number of aromatic nitrogens is 1. The molecule has 0 aliphatic rings. The maximum Gasteiger partial charge on any atom is 0.123 e. The van der Waals surface area contributed by atoms with E-state index in [1.165, 1.54) is 12.1 Å². The molecule has 0 atom stereocenters. The summed E-state index contributed by atoms with van der Waals surface area (Å²) in [4.78, 5) is 4.56. The number of pyridine rings is 1. The van der Waals surface area contributed by atoms with Gasteiger partial charge in [0.2, 0.25) is 0 Å². The number of ether oxygens (including phenoxy) is 1. The molecule has 1 heterocycles. The van der Waals surface area contributed by atoms with Crippen LogP contribution in [0.25, 0.3) is 11.3 Å². The molecule has 0 radical (unpaired) electrons. The summed E-state index contributed by atoms with van der Waals surface area (Å²) in [5.41, 5.74) is 10.2. The molecule has 0 saturated heterocycles. The van der Waals surface area contributed by atoms with Crippen LogP contribution < -0.4 is 5.73 Å².